The van der Waals surface area contributed by atoms with Crippen LogP contribution in [0.3, 0.4) is 0 Å². The zero-order chi connectivity index (χ0) is 11.7. The molecule has 0 saturated carbocycles. The van der Waals surface area contributed by atoms with Crippen molar-refractivity contribution in [2.75, 3.05) is 27.2 Å². The summed E-state index contributed by atoms with van der Waals surface area (Å²) in [4.78, 5) is 6.40. The van der Waals surface area contributed by atoms with Crippen molar-refractivity contribution in [3.63, 3.8) is 0 Å². The van der Waals surface area contributed by atoms with Crippen LogP contribution in [0.1, 0.15) is 26.7 Å². The fourth-order valence-electron chi connectivity index (χ4n) is 1.26. The third-order valence-electron chi connectivity index (χ3n) is 2.14. The summed E-state index contributed by atoms with van der Waals surface area (Å²) >= 11 is 0. The van der Waals surface area contributed by atoms with Crippen molar-refractivity contribution in [1.82, 2.24) is 10.2 Å². The molecule has 0 rings (SSSR count). The monoisotopic (exact) mass is 211 g/mol. The van der Waals surface area contributed by atoms with Crippen LogP contribution in [0.2, 0.25) is 0 Å². The lowest BCUT2D eigenvalue weighted by Gasteiger charge is -2.22. The lowest BCUT2D eigenvalue weighted by Crippen LogP contribution is -2.40. The van der Waals surface area contributed by atoms with Crippen molar-refractivity contribution in [3.8, 4) is 0 Å². The number of allylic oxidation sites excluding steroid dienone is 1. The Hall–Kier alpha value is -0.990. The van der Waals surface area contributed by atoms with E-state index in [0.717, 1.165) is 31.9 Å². The highest BCUT2D eigenvalue weighted by atomic mass is 15.3. The Kier molecular flexibility index (Phi) is 7.78. The normalized spacial score (nSPS) is 11.7. The molecular weight excluding hydrogens is 186 g/mol. The van der Waals surface area contributed by atoms with E-state index in [1.807, 2.05) is 13.1 Å². The van der Waals surface area contributed by atoms with E-state index < -0.39 is 0 Å². The van der Waals surface area contributed by atoms with E-state index in [1.165, 1.54) is 0 Å². The molecule has 0 aromatic carbocycles. The molecule has 88 valence electrons. The minimum atomic E-state index is 0.642. The van der Waals surface area contributed by atoms with Crippen LogP contribution in [-0.2, 0) is 0 Å². The smallest absolute Gasteiger partial charge is 0.193 e. The molecule has 0 aromatic heterocycles. The molecule has 0 aliphatic carbocycles. The molecule has 0 radical (unpaired) electrons. The molecule has 0 bridgehead atoms. The minimum absolute atomic E-state index is 0.642. The van der Waals surface area contributed by atoms with Gasteiger partial charge in [0, 0.05) is 27.2 Å². The number of nitrogens with zero attached hydrogens (tertiary/aromatic N) is 2. The Morgan fingerprint density at radius 2 is 2.20 bits per heavy atom. The molecule has 0 aliphatic rings. The van der Waals surface area contributed by atoms with E-state index in [2.05, 4.69) is 42.7 Å². The number of hydrogen-bond donors (Lipinski definition) is 1. The average molecular weight is 211 g/mol. The Balaban J connectivity index is 3.89. The Morgan fingerprint density at radius 3 is 2.67 bits per heavy atom. The highest BCUT2D eigenvalue weighted by Gasteiger charge is 2.04. The molecule has 0 spiro atoms. The van der Waals surface area contributed by atoms with Crippen LogP contribution in [-0.4, -0.2) is 38.0 Å². The first-order valence-electron chi connectivity index (χ1n) is 5.64. The lowest BCUT2D eigenvalue weighted by atomic mass is 10.2. The molecule has 15 heavy (non-hydrogen) atoms. The van der Waals surface area contributed by atoms with E-state index in [0.29, 0.717) is 5.92 Å². The Bertz CT molecular complexity index is 197. The maximum absolute atomic E-state index is 4.24. The van der Waals surface area contributed by atoms with Crippen molar-refractivity contribution < 1.29 is 0 Å². The summed E-state index contributed by atoms with van der Waals surface area (Å²) in [6.07, 6.45) is 4.14. The topological polar surface area (TPSA) is 27.6 Å². The second kappa shape index (κ2) is 8.33. The van der Waals surface area contributed by atoms with Gasteiger partial charge in [-0.15, -0.1) is 6.58 Å². The number of nitrogens with one attached hydrogen (secondary N) is 1. The van der Waals surface area contributed by atoms with Crippen molar-refractivity contribution in [2.24, 2.45) is 10.9 Å². The SMILES string of the molecule is C=CCCCN(C)C(=NC)NCC(C)C. The van der Waals surface area contributed by atoms with Gasteiger partial charge in [0.25, 0.3) is 0 Å². The summed E-state index contributed by atoms with van der Waals surface area (Å²) in [6, 6.07) is 0. The van der Waals surface area contributed by atoms with Crippen LogP contribution in [0.4, 0.5) is 0 Å². The first-order chi connectivity index (χ1) is 7.11. The molecule has 0 aliphatic heterocycles. The van der Waals surface area contributed by atoms with Crippen molar-refractivity contribution in [3.05, 3.63) is 12.7 Å². The van der Waals surface area contributed by atoms with Gasteiger partial charge in [-0.05, 0) is 18.8 Å². The molecule has 3 heteroatoms. The summed E-state index contributed by atoms with van der Waals surface area (Å²) in [6.45, 7) is 10.1. The summed E-state index contributed by atoms with van der Waals surface area (Å²) < 4.78 is 0. The standard InChI is InChI=1S/C12H25N3/c1-6-7-8-9-15(5)12(13-4)14-10-11(2)3/h6,11H,1,7-10H2,2-5H3,(H,13,14). The highest BCUT2D eigenvalue weighted by molar-refractivity contribution is 5.79. The van der Waals surface area contributed by atoms with E-state index >= 15 is 0 Å². The van der Waals surface area contributed by atoms with E-state index in [4.69, 9.17) is 0 Å². The summed E-state index contributed by atoms with van der Waals surface area (Å²) in [5.41, 5.74) is 0. The number of rotatable bonds is 6. The van der Waals surface area contributed by atoms with Gasteiger partial charge in [0.15, 0.2) is 5.96 Å². The summed E-state index contributed by atoms with van der Waals surface area (Å²) in [5, 5.41) is 3.35. The van der Waals surface area contributed by atoms with Crippen LogP contribution in [0, 0.1) is 5.92 Å². The van der Waals surface area contributed by atoms with Gasteiger partial charge < -0.3 is 10.2 Å². The van der Waals surface area contributed by atoms with E-state index in [1.54, 1.807) is 0 Å². The first kappa shape index (κ1) is 14.0. The second-order valence-electron chi connectivity index (χ2n) is 4.17. The largest absolute Gasteiger partial charge is 0.356 e. The van der Waals surface area contributed by atoms with Gasteiger partial charge in [-0.3, -0.25) is 4.99 Å². The van der Waals surface area contributed by atoms with Crippen LogP contribution in [0.5, 0.6) is 0 Å². The number of guanidine groups is 1. The number of hydrogen-bond acceptors (Lipinski definition) is 1. The molecule has 0 fully saturated rings. The molecular formula is C12H25N3. The van der Waals surface area contributed by atoms with Gasteiger partial charge >= 0.3 is 0 Å². The van der Waals surface area contributed by atoms with Gasteiger partial charge in [-0.2, -0.15) is 0 Å². The van der Waals surface area contributed by atoms with Crippen LogP contribution >= 0.6 is 0 Å². The van der Waals surface area contributed by atoms with Crippen LogP contribution < -0.4 is 5.32 Å². The van der Waals surface area contributed by atoms with Crippen LogP contribution in [0.25, 0.3) is 0 Å². The minimum Gasteiger partial charge on any atom is -0.356 e. The third kappa shape index (κ3) is 7.00. The number of unbranched alkanes of at least 4 members (excludes halogenated alkanes) is 1. The van der Waals surface area contributed by atoms with Crippen molar-refractivity contribution >= 4 is 5.96 Å². The van der Waals surface area contributed by atoms with Gasteiger partial charge in [0.05, 0.1) is 0 Å². The molecule has 0 atom stereocenters. The van der Waals surface area contributed by atoms with Crippen molar-refractivity contribution in [2.45, 2.75) is 26.7 Å². The predicted octanol–water partition coefficient (Wildman–Crippen LogP) is 2.12. The number of aliphatic imine (C=N–C) groups is 1. The molecule has 0 unspecified atom stereocenters. The van der Waals surface area contributed by atoms with Gasteiger partial charge in [0.2, 0.25) is 0 Å². The fourth-order valence-corrected chi connectivity index (χ4v) is 1.26. The quantitative estimate of drug-likeness (QED) is 0.315. The van der Waals surface area contributed by atoms with E-state index in [9.17, 15) is 0 Å². The second-order valence-corrected chi connectivity index (χ2v) is 4.17. The third-order valence-corrected chi connectivity index (χ3v) is 2.14. The van der Waals surface area contributed by atoms with Gasteiger partial charge in [-0.1, -0.05) is 19.9 Å². The maximum atomic E-state index is 4.24. The molecule has 3 nitrogen and oxygen atoms in total. The predicted molar refractivity (Wildman–Crippen MR) is 68.3 cm³/mol. The zero-order valence-electron chi connectivity index (χ0n) is 10.6. The Labute approximate surface area is 94.3 Å². The molecule has 1 N–H and O–H groups in total. The van der Waals surface area contributed by atoms with Gasteiger partial charge in [-0.25, -0.2) is 0 Å². The van der Waals surface area contributed by atoms with Crippen LogP contribution in [0.15, 0.2) is 17.6 Å². The summed E-state index contributed by atoms with van der Waals surface area (Å²) in [5.74, 6) is 1.62. The first-order valence-corrected chi connectivity index (χ1v) is 5.64. The van der Waals surface area contributed by atoms with E-state index in [-0.39, 0.29) is 0 Å². The average Bonchev–Trinajstić information content (AvgIpc) is 2.18. The lowest BCUT2D eigenvalue weighted by molar-refractivity contribution is 0.462. The molecule has 0 heterocycles. The van der Waals surface area contributed by atoms with Gasteiger partial charge in [0.1, 0.15) is 0 Å². The zero-order valence-corrected chi connectivity index (χ0v) is 10.6. The molecule has 0 amide bonds. The Morgan fingerprint density at radius 1 is 1.53 bits per heavy atom. The maximum Gasteiger partial charge on any atom is 0.193 e. The molecule has 0 saturated heterocycles. The fraction of sp³-hybridized carbons (Fsp3) is 0.750. The summed E-state index contributed by atoms with van der Waals surface area (Å²) in [7, 11) is 3.89. The molecule has 0 aromatic rings. The highest BCUT2D eigenvalue weighted by Crippen LogP contribution is 1.95. The van der Waals surface area contributed by atoms with Crippen molar-refractivity contribution in [1.29, 1.82) is 0 Å².